The van der Waals surface area contributed by atoms with Crippen LogP contribution in [0.5, 0.6) is 0 Å². The van der Waals surface area contributed by atoms with Gasteiger partial charge in [0.25, 0.3) is 5.69 Å². The first kappa shape index (κ1) is 27.3. The first-order valence-electron chi connectivity index (χ1n) is 10.9. The number of hydrogen-bond donors (Lipinski definition) is 1. The van der Waals surface area contributed by atoms with Crippen molar-refractivity contribution < 1.29 is 27.7 Å². The molecule has 0 saturated heterocycles. The number of Topliss-reactive ketones (excluding diaryl/α,β-unsaturated/α-hetero) is 1. The van der Waals surface area contributed by atoms with Gasteiger partial charge < -0.3 is 4.74 Å². The molecule has 2 unspecified atom stereocenters. The molecular weight excluding hydrogens is 462 g/mol. The lowest BCUT2D eigenvalue weighted by atomic mass is 9.74. The lowest BCUT2D eigenvalue weighted by Crippen LogP contribution is -2.40. The summed E-state index contributed by atoms with van der Waals surface area (Å²) in [6.07, 6.45) is 0. The van der Waals surface area contributed by atoms with E-state index >= 15 is 0 Å². The van der Waals surface area contributed by atoms with Crippen LogP contribution < -0.4 is 4.72 Å². The number of benzene rings is 1. The highest BCUT2D eigenvalue weighted by Gasteiger charge is 2.42. The first-order valence-corrected chi connectivity index (χ1v) is 12.6. The van der Waals surface area contributed by atoms with Gasteiger partial charge in [-0.1, -0.05) is 26.0 Å². The highest BCUT2D eigenvalue weighted by atomic mass is 32.2. The van der Waals surface area contributed by atoms with Crippen LogP contribution in [0.15, 0.2) is 40.5 Å². The lowest BCUT2D eigenvalue weighted by Gasteiger charge is -2.32. The van der Waals surface area contributed by atoms with E-state index in [4.69, 9.17) is 4.74 Å². The Bertz CT molecular complexity index is 1140. The van der Waals surface area contributed by atoms with Gasteiger partial charge in [-0.2, -0.15) is 0 Å². The number of rotatable bonds is 10. The van der Waals surface area contributed by atoms with Gasteiger partial charge in [-0.05, 0) is 39.2 Å². The maximum atomic E-state index is 13.3. The van der Waals surface area contributed by atoms with Gasteiger partial charge in [0.1, 0.15) is 11.7 Å². The van der Waals surface area contributed by atoms with Gasteiger partial charge in [0.05, 0.1) is 11.5 Å². The Hall–Kier alpha value is -2.92. The smallest absolute Gasteiger partial charge is 0.315 e. The molecule has 1 aromatic carbocycles. The molecule has 1 heterocycles. The largest absolute Gasteiger partial charge is 0.465 e. The van der Waals surface area contributed by atoms with E-state index in [1.54, 1.807) is 33.8 Å². The molecule has 0 amide bonds. The lowest BCUT2D eigenvalue weighted by molar-refractivity contribution is -0.384. The van der Waals surface area contributed by atoms with Gasteiger partial charge in [0, 0.05) is 41.1 Å². The zero-order valence-corrected chi connectivity index (χ0v) is 21.0. The van der Waals surface area contributed by atoms with Gasteiger partial charge in [-0.15, -0.1) is 0 Å². The van der Waals surface area contributed by atoms with E-state index in [9.17, 15) is 28.1 Å². The van der Waals surface area contributed by atoms with Crippen LogP contribution in [-0.2, 0) is 24.3 Å². The number of esters is 1. The SMILES string of the molecule is CC1=NC(C)=C(C(=O)CS(=O)(=O)NC(C)C)C(c2cccc([N+](=O)[O-])c2)C1C(=O)OCC(C)C. The Balaban J connectivity index is 2.63. The van der Waals surface area contributed by atoms with Crippen LogP contribution in [0.4, 0.5) is 5.69 Å². The molecule has 34 heavy (non-hydrogen) atoms. The van der Waals surface area contributed by atoms with Gasteiger partial charge >= 0.3 is 5.97 Å². The predicted octanol–water partition coefficient (Wildman–Crippen LogP) is 3.14. The summed E-state index contributed by atoms with van der Waals surface area (Å²) in [5, 5.41) is 11.4. The Morgan fingerprint density at radius 3 is 2.41 bits per heavy atom. The zero-order valence-electron chi connectivity index (χ0n) is 20.2. The van der Waals surface area contributed by atoms with Crippen molar-refractivity contribution >= 4 is 33.2 Å². The zero-order chi connectivity index (χ0) is 25.8. The van der Waals surface area contributed by atoms with Crippen LogP contribution in [0.2, 0.25) is 0 Å². The molecule has 2 atom stereocenters. The summed E-state index contributed by atoms with van der Waals surface area (Å²) in [5.41, 5.74) is 0.762. The fourth-order valence-electron chi connectivity index (χ4n) is 3.89. The Labute approximate surface area is 199 Å². The second-order valence-electron chi connectivity index (χ2n) is 9.04. The Morgan fingerprint density at radius 2 is 1.85 bits per heavy atom. The summed E-state index contributed by atoms with van der Waals surface area (Å²) in [4.78, 5) is 41.6. The number of ether oxygens (including phenoxy) is 1. The molecule has 1 N–H and O–H groups in total. The van der Waals surface area contributed by atoms with E-state index in [1.807, 2.05) is 13.8 Å². The van der Waals surface area contributed by atoms with Crippen molar-refractivity contribution in [1.29, 1.82) is 0 Å². The minimum Gasteiger partial charge on any atom is -0.465 e. The van der Waals surface area contributed by atoms with Crippen LogP contribution in [-0.4, -0.2) is 49.2 Å². The normalized spacial score (nSPS) is 18.8. The van der Waals surface area contributed by atoms with Crippen molar-refractivity contribution in [2.75, 3.05) is 12.4 Å². The second kappa shape index (κ2) is 11.0. The molecule has 1 aliphatic heterocycles. The molecule has 0 radical (unpaired) electrons. The van der Waals surface area contributed by atoms with Crippen LogP contribution in [0, 0.1) is 22.0 Å². The molecule has 1 aliphatic rings. The molecule has 0 aromatic heterocycles. The highest BCUT2D eigenvalue weighted by Crippen LogP contribution is 2.41. The molecule has 0 aliphatic carbocycles. The Kier molecular flexibility index (Phi) is 8.84. The number of carbonyl (C=O) groups is 2. The summed E-state index contributed by atoms with van der Waals surface area (Å²) in [5.74, 6) is -4.17. The quantitative estimate of drug-likeness (QED) is 0.299. The van der Waals surface area contributed by atoms with Crippen LogP contribution in [0.1, 0.15) is 53.0 Å². The third-order valence-electron chi connectivity index (χ3n) is 5.12. The van der Waals surface area contributed by atoms with E-state index in [-0.39, 0.29) is 29.5 Å². The van der Waals surface area contributed by atoms with Crippen molar-refractivity contribution in [2.45, 2.75) is 53.5 Å². The van der Waals surface area contributed by atoms with Crippen LogP contribution >= 0.6 is 0 Å². The number of nitro benzene ring substituents is 1. The van der Waals surface area contributed by atoms with Crippen molar-refractivity contribution in [3.8, 4) is 0 Å². The summed E-state index contributed by atoms with van der Waals surface area (Å²) >= 11 is 0. The molecule has 186 valence electrons. The van der Waals surface area contributed by atoms with Crippen LogP contribution in [0.25, 0.3) is 0 Å². The molecule has 0 bridgehead atoms. The number of nitrogens with one attached hydrogen (secondary N) is 1. The van der Waals surface area contributed by atoms with E-state index < -0.39 is 50.3 Å². The van der Waals surface area contributed by atoms with E-state index in [1.165, 1.54) is 18.2 Å². The van der Waals surface area contributed by atoms with Crippen molar-refractivity contribution in [2.24, 2.45) is 16.8 Å². The number of ketones is 1. The van der Waals surface area contributed by atoms with E-state index in [2.05, 4.69) is 9.71 Å². The molecule has 10 nitrogen and oxygen atoms in total. The average Bonchev–Trinajstić information content (AvgIpc) is 2.69. The summed E-state index contributed by atoms with van der Waals surface area (Å²) in [6.45, 7) is 10.3. The number of hydrogen-bond acceptors (Lipinski definition) is 8. The molecule has 11 heteroatoms. The van der Waals surface area contributed by atoms with Gasteiger partial charge in [0.2, 0.25) is 10.0 Å². The monoisotopic (exact) mass is 493 g/mol. The van der Waals surface area contributed by atoms with E-state index in [0.29, 0.717) is 11.3 Å². The number of non-ortho nitro benzene ring substituents is 1. The molecule has 0 saturated carbocycles. The third-order valence-corrected chi connectivity index (χ3v) is 6.59. The van der Waals surface area contributed by atoms with Gasteiger partial charge in [0.15, 0.2) is 5.78 Å². The maximum Gasteiger partial charge on any atom is 0.315 e. The molecular formula is C23H31N3O7S. The van der Waals surface area contributed by atoms with Crippen LogP contribution in [0.3, 0.4) is 0 Å². The summed E-state index contributed by atoms with van der Waals surface area (Å²) < 4.78 is 32.8. The van der Waals surface area contributed by atoms with Gasteiger partial charge in [-0.3, -0.25) is 24.7 Å². The number of sulfonamides is 1. The predicted molar refractivity (Wildman–Crippen MR) is 128 cm³/mol. The Morgan fingerprint density at radius 1 is 1.21 bits per heavy atom. The molecule has 2 rings (SSSR count). The number of allylic oxidation sites excluding steroid dienone is 2. The molecule has 0 spiro atoms. The summed E-state index contributed by atoms with van der Waals surface area (Å²) in [6, 6.07) is 5.20. The second-order valence-corrected chi connectivity index (χ2v) is 10.8. The van der Waals surface area contributed by atoms with E-state index in [0.717, 1.165) is 0 Å². The minimum absolute atomic E-state index is 0.0201. The fourth-order valence-corrected chi connectivity index (χ4v) is 5.19. The minimum atomic E-state index is -3.96. The highest BCUT2D eigenvalue weighted by molar-refractivity contribution is 7.90. The molecule has 1 aromatic rings. The standard InChI is InChI=1S/C23H31N3O7S/c1-13(2)11-33-23(28)21-16(6)24-15(5)20(19(27)12-34(31,32)25-14(3)4)22(21)17-8-7-9-18(10-17)26(29)30/h7-10,13-14,21-22,25H,11-12H2,1-6H3. The topological polar surface area (TPSA) is 145 Å². The number of nitrogens with zero attached hydrogens (tertiary/aromatic N) is 2. The van der Waals surface area contributed by atoms with Crippen molar-refractivity contribution in [3.63, 3.8) is 0 Å². The number of nitro groups is 1. The van der Waals surface area contributed by atoms with Crippen molar-refractivity contribution in [3.05, 3.63) is 51.2 Å². The third kappa shape index (κ3) is 6.80. The summed E-state index contributed by atoms with van der Waals surface area (Å²) in [7, 11) is -3.96. The molecule has 0 fully saturated rings. The fraction of sp³-hybridized carbons (Fsp3) is 0.522. The van der Waals surface area contributed by atoms with Gasteiger partial charge in [-0.25, -0.2) is 13.1 Å². The first-order chi connectivity index (χ1) is 15.7. The van der Waals surface area contributed by atoms with Crippen molar-refractivity contribution in [1.82, 2.24) is 4.72 Å². The maximum absolute atomic E-state index is 13.3. The number of aliphatic imine (C=N–C) groups is 1. The number of carbonyl (C=O) groups excluding carboxylic acids is 2. The average molecular weight is 494 g/mol.